The van der Waals surface area contributed by atoms with Crippen LogP contribution >= 0.6 is 0 Å². The highest BCUT2D eigenvalue weighted by molar-refractivity contribution is 5.97. The van der Waals surface area contributed by atoms with Gasteiger partial charge in [0.25, 0.3) is 0 Å². The Morgan fingerprint density at radius 3 is 2.48 bits per heavy atom. The van der Waals surface area contributed by atoms with E-state index in [1.54, 1.807) is 0 Å². The van der Waals surface area contributed by atoms with Crippen LogP contribution in [0.15, 0.2) is 48.5 Å². The molecule has 0 heterocycles. The lowest BCUT2D eigenvalue weighted by molar-refractivity contribution is -0.118. The molecule has 3 rings (SSSR count). The minimum absolute atomic E-state index is 0.0260. The molecular weight excluding hydrogens is 338 g/mol. The number of carbonyl (C=O) groups is 2. The molecule has 0 fully saturated rings. The van der Waals surface area contributed by atoms with Gasteiger partial charge in [-0.25, -0.2) is 4.79 Å². The predicted octanol–water partition coefficient (Wildman–Crippen LogP) is 3.64. The number of benzene rings is 2. The standard InChI is InChI=1S/C22H27N3O2/c1-15(2)20(25-22(27)23-14-16-7-4-3-5-8-16)21(26)24-19-12-11-17-9-6-10-18(17)13-19/h3-5,7-8,11-13,15,20H,6,9-10,14H2,1-2H3,(H,24,26)(H2,23,25,27)/t20-/m1/s1. The smallest absolute Gasteiger partial charge is 0.315 e. The van der Waals surface area contributed by atoms with Crippen molar-refractivity contribution in [3.05, 3.63) is 65.2 Å². The quantitative estimate of drug-likeness (QED) is 0.731. The van der Waals surface area contributed by atoms with Crippen LogP contribution in [0, 0.1) is 5.92 Å². The molecule has 0 aliphatic heterocycles. The van der Waals surface area contributed by atoms with E-state index >= 15 is 0 Å². The lowest BCUT2D eigenvalue weighted by Gasteiger charge is -2.22. The number of aryl methyl sites for hydroxylation is 2. The molecule has 0 unspecified atom stereocenters. The molecule has 0 aromatic heterocycles. The summed E-state index contributed by atoms with van der Waals surface area (Å²) in [4.78, 5) is 24.9. The summed E-state index contributed by atoms with van der Waals surface area (Å²) < 4.78 is 0. The molecule has 3 N–H and O–H groups in total. The number of rotatable bonds is 6. The van der Waals surface area contributed by atoms with Gasteiger partial charge < -0.3 is 16.0 Å². The van der Waals surface area contributed by atoms with Crippen LogP contribution in [0.5, 0.6) is 0 Å². The van der Waals surface area contributed by atoms with Crippen LogP contribution in [0.1, 0.15) is 37.0 Å². The van der Waals surface area contributed by atoms with Gasteiger partial charge in [0.15, 0.2) is 0 Å². The number of anilines is 1. The van der Waals surface area contributed by atoms with Gasteiger partial charge in [-0.05, 0) is 54.0 Å². The van der Waals surface area contributed by atoms with E-state index in [-0.39, 0.29) is 17.9 Å². The monoisotopic (exact) mass is 365 g/mol. The summed E-state index contributed by atoms with van der Waals surface area (Å²) in [5, 5.41) is 8.55. The number of amides is 3. The van der Waals surface area contributed by atoms with Crippen LogP contribution < -0.4 is 16.0 Å². The first-order valence-corrected chi connectivity index (χ1v) is 9.54. The molecule has 1 aliphatic rings. The predicted molar refractivity (Wildman–Crippen MR) is 108 cm³/mol. The van der Waals surface area contributed by atoms with Gasteiger partial charge in [-0.2, -0.15) is 0 Å². The second-order valence-electron chi connectivity index (χ2n) is 7.36. The molecule has 3 amide bonds. The van der Waals surface area contributed by atoms with Gasteiger partial charge >= 0.3 is 6.03 Å². The molecule has 142 valence electrons. The van der Waals surface area contributed by atoms with Crippen molar-refractivity contribution in [3.8, 4) is 0 Å². The van der Waals surface area contributed by atoms with Crippen LogP contribution in [-0.2, 0) is 24.2 Å². The topological polar surface area (TPSA) is 70.2 Å². The Balaban J connectivity index is 1.57. The summed E-state index contributed by atoms with van der Waals surface area (Å²) in [5.41, 5.74) is 4.48. The third kappa shape index (κ3) is 5.09. The Kier molecular flexibility index (Phi) is 6.12. The fraction of sp³-hybridized carbons (Fsp3) is 0.364. The van der Waals surface area contributed by atoms with Gasteiger partial charge in [-0.1, -0.05) is 50.2 Å². The average molecular weight is 365 g/mol. The number of nitrogens with one attached hydrogen (secondary N) is 3. The molecule has 5 nitrogen and oxygen atoms in total. The molecule has 0 saturated carbocycles. The molecule has 0 spiro atoms. The van der Waals surface area contributed by atoms with Crippen molar-refractivity contribution in [2.45, 2.75) is 45.7 Å². The zero-order valence-electron chi connectivity index (χ0n) is 15.9. The third-order valence-corrected chi connectivity index (χ3v) is 4.90. The molecule has 1 aliphatic carbocycles. The first kappa shape index (κ1) is 19.0. The highest BCUT2D eigenvalue weighted by atomic mass is 16.2. The summed E-state index contributed by atoms with van der Waals surface area (Å²) in [6.45, 7) is 4.26. The molecule has 1 atom stereocenters. The van der Waals surface area contributed by atoms with Crippen molar-refractivity contribution >= 4 is 17.6 Å². The molecular formula is C22H27N3O2. The number of carbonyl (C=O) groups excluding carboxylic acids is 2. The summed E-state index contributed by atoms with van der Waals surface area (Å²) in [7, 11) is 0. The maximum Gasteiger partial charge on any atom is 0.315 e. The molecule has 27 heavy (non-hydrogen) atoms. The van der Waals surface area contributed by atoms with Crippen molar-refractivity contribution in [2.24, 2.45) is 5.92 Å². The van der Waals surface area contributed by atoms with E-state index in [2.05, 4.69) is 22.0 Å². The number of fused-ring (bicyclic) bond motifs is 1. The van der Waals surface area contributed by atoms with Crippen LogP contribution in [0.25, 0.3) is 0 Å². The van der Waals surface area contributed by atoms with E-state index in [1.165, 1.54) is 17.5 Å². The van der Waals surface area contributed by atoms with E-state index in [0.29, 0.717) is 6.54 Å². The van der Waals surface area contributed by atoms with E-state index in [0.717, 1.165) is 24.1 Å². The normalized spacial score (nSPS) is 13.7. The number of urea groups is 1. The van der Waals surface area contributed by atoms with Crippen molar-refractivity contribution in [1.82, 2.24) is 10.6 Å². The van der Waals surface area contributed by atoms with Crippen LogP contribution in [0.2, 0.25) is 0 Å². The molecule has 0 radical (unpaired) electrons. The average Bonchev–Trinajstić information content (AvgIpc) is 3.12. The van der Waals surface area contributed by atoms with Crippen molar-refractivity contribution in [2.75, 3.05) is 5.32 Å². The van der Waals surface area contributed by atoms with Gasteiger partial charge in [-0.3, -0.25) is 4.79 Å². The minimum Gasteiger partial charge on any atom is -0.334 e. The van der Waals surface area contributed by atoms with Crippen LogP contribution in [-0.4, -0.2) is 18.0 Å². The van der Waals surface area contributed by atoms with Crippen molar-refractivity contribution in [1.29, 1.82) is 0 Å². The van der Waals surface area contributed by atoms with Gasteiger partial charge in [0.1, 0.15) is 6.04 Å². The Labute approximate surface area is 160 Å². The van der Waals surface area contributed by atoms with Gasteiger partial charge in [0.05, 0.1) is 0 Å². The van der Waals surface area contributed by atoms with E-state index < -0.39 is 6.04 Å². The molecule has 2 aromatic carbocycles. The van der Waals surface area contributed by atoms with Crippen LogP contribution in [0.3, 0.4) is 0 Å². The zero-order valence-corrected chi connectivity index (χ0v) is 15.9. The first-order chi connectivity index (χ1) is 13.0. The summed E-state index contributed by atoms with van der Waals surface area (Å²) >= 11 is 0. The molecule has 2 aromatic rings. The lowest BCUT2D eigenvalue weighted by Crippen LogP contribution is -2.50. The Morgan fingerprint density at radius 2 is 1.74 bits per heavy atom. The maximum absolute atomic E-state index is 12.7. The number of hydrogen-bond donors (Lipinski definition) is 3. The Morgan fingerprint density at radius 1 is 1.00 bits per heavy atom. The van der Waals surface area contributed by atoms with Crippen molar-refractivity contribution < 1.29 is 9.59 Å². The molecule has 5 heteroatoms. The van der Waals surface area contributed by atoms with Crippen molar-refractivity contribution in [3.63, 3.8) is 0 Å². The summed E-state index contributed by atoms with van der Waals surface area (Å²) in [5.74, 6) is -0.222. The first-order valence-electron chi connectivity index (χ1n) is 9.54. The fourth-order valence-electron chi connectivity index (χ4n) is 3.38. The lowest BCUT2D eigenvalue weighted by atomic mass is 10.0. The third-order valence-electron chi connectivity index (χ3n) is 4.90. The van der Waals surface area contributed by atoms with E-state index in [1.807, 2.05) is 56.3 Å². The van der Waals surface area contributed by atoms with E-state index in [9.17, 15) is 9.59 Å². The largest absolute Gasteiger partial charge is 0.334 e. The fourth-order valence-corrected chi connectivity index (χ4v) is 3.38. The Hall–Kier alpha value is -2.82. The van der Waals surface area contributed by atoms with Gasteiger partial charge in [0, 0.05) is 12.2 Å². The van der Waals surface area contributed by atoms with E-state index in [4.69, 9.17) is 0 Å². The highest BCUT2D eigenvalue weighted by Gasteiger charge is 2.24. The second-order valence-corrected chi connectivity index (χ2v) is 7.36. The van der Waals surface area contributed by atoms with Crippen LogP contribution in [0.4, 0.5) is 10.5 Å². The minimum atomic E-state index is -0.603. The summed E-state index contributed by atoms with van der Waals surface area (Å²) in [6, 6.07) is 14.8. The Bertz CT molecular complexity index is 802. The van der Waals surface area contributed by atoms with Gasteiger partial charge in [-0.15, -0.1) is 0 Å². The zero-order chi connectivity index (χ0) is 19.2. The maximum atomic E-state index is 12.7. The number of hydrogen-bond acceptors (Lipinski definition) is 2. The molecule has 0 saturated heterocycles. The SMILES string of the molecule is CC(C)[C@@H](NC(=O)NCc1ccccc1)C(=O)Nc1ccc2c(c1)CCC2. The van der Waals surface area contributed by atoms with Gasteiger partial charge in [0.2, 0.25) is 5.91 Å². The molecule has 0 bridgehead atoms. The summed E-state index contributed by atoms with van der Waals surface area (Å²) in [6.07, 6.45) is 3.35. The second kappa shape index (κ2) is 8.71. The highest BCUT2D eigenvalue weighted by Crippen LogP contribution is 2.25.